The van der Waals surface area contributed by atoms with E-state index in [1.165, 1.54) is 85.9 Å². The molecule has 6 unspecified atom stereocenters. The summed E-state index contributed by atoms with van der Waals surface area (Å²) < 4.78 is 20.4. The van der Waals surface area contributed by atoms with Crippen molar-refractivity contribution in [1.29, 1.82) is 0 Å². The summed E-state index contributed by atoms with van der Waals surface area (Å²) in [6, 6.07) is 5.82. The van der Waals surface area contributed by atoms with Crippen LogP contribution in [0.5, 0.6) is 0 Å². The summed E-state index contributed by atoms with van der Waals surface area (Å²) in [5, 5.41) is 115. The van der Waals surface area contributed by atoms with Crippen LogP contribution >= 0.6 is 93.1 Å². The number of hydrogen-bond acceptors (Lipinski definition) is 24. The van der Waals surface area contributed by atoms with E-state index in [1.54, 1.807) is 40.2 Å². The summed E-state index contributed by atoms with van der Waals surface area (Å²) in [5.74, 6) is -1.08. The first kappa shape index (κ1) is 88.4. The number of non-ortho nitro benzene ring substituents is 2. The largest absolute Gasteiger partial charge is 0.394 e. The number of nitrogens with one attached hydrogen (secondary N) is 4. The number of ether oxygens (including phenoxy) is 4. The van der Waals surface area contributed by atoms with Crippen molar-refractivity contribution in [2.24, 2.45) is 11.8 Å². The Kier molecular flexibility index (Phi) is 35.2. The van der Waals surface area contributed by atoms with Gasteiger partial charge in [-0.1, -0.05) is 73.1 Å². The molecular weight excluding hydrogens is 1470 g/mol. The number of benzene rings is 2. The van der Waals surface area contributed by atoms with E-state index in [0.717, 1.165) is 45.2 Å². The fourth-order valence-corrected chi connectivity index (χ4v) is 14.1. The molecule has 6 rings (SSSR count). The van der Waals surface area contributed by atoms with Gasteiger partial charge in [0.05, 0.1) is 70.1 Å². The second-order valence-electron chi connectivity index (χ2n) is 25.9. The minimum absolute atomic E-state index is 0.135. The molecule has 4 heterocycles. The van der Waals surface area contributed by atoms with Gasteiger partial charge in [-0.05, 0) is 141 Å². The Hall–Kier alpha value is -3.00. The summed E-state index contributed by atoms with van der Waals surface area (Å²) in [6.07, 6.45) is -3.65. The maximum absolute atomic E-state index is 13.4. The molecule has 0 aliphatic carbocycles. The number of nitrogens with zero attached hydrogens (tertiary/aromatic N) is 4. The maximum Gasteiger partial charge on any atom is 0.269 e. The third kappa shape index (κ3) is 24.3. The number of aliphatic hydroxyl groups excluding tert-OH is 8. The van der Waals surface area contributed by atoms with Crippen molar-refractivity contribution in [3.05, 3.63) is 79.9 Å². The topological polar surface area (TPSA) is 408 Å². The molecule has 28 nitrogen and oxygen atoms in total. The molecule has 4 aliphatic heterocycles. The molecule has 0 bridgehead atoms. The lowest BCUT2D eigenvalue weighted by Gasteiger charge is -2.50. The van der Waals surface area contributed by atoms with Gasteiger partial charge < -0.3 is 81.1 Å². The van der Waals surface area contributed by atoms with Gasteiger partial charge in [0.15, 0.2) is 8.67 Å². The smallest absolute Gasteiger partial charge is 0.269 e. The fraction of sp³-hybridized carbons (Fsp3) is 0.746. The van der Waals surface area contributed by atoms with Gasteiger partial charge in [-0.3, -0.25) is 49.2 Å². The number of thioether (sulfide) groups is 2. The summed E-state index contributed by atoms with van der Waals surface area (Å²) in [7, 11) is 3.85. The van der Waals surface area contributed by atoms with Gasteiger partial charge in [0.1, 0.15) is 77.7 Å². The van der Waals surface area contributed by atoms with E-state index >= 15 is 0 Å². The first-order chi connectivity index (χ1) is 46.1. The predicted octanol–water partition coefficient (Wildman–Crippen LogP) is 5.18. The Morgan fingerprint density at radius 3 is 1.38 bits per heavy atom. The second-order valence-corrected chi connectivity index (χ2v) is 33.1. The number of nitro groups is 2. The molecule has 4 amide bonds. The zero-order valence-electron chi connectivity index (χ0n) is 57.3. The molecule has 0 aromatic heterocycles. The second kappa shape index (κ2) is 39.4. The first-order valence-corrected chi connectivity index (χ1v) is 37.1. The van der Waals surface area contributed by atoms with Gasteiger partial charge in [-0.15, -0.1) is 46.7 Å². The zero-order chi connectivity index (χ0) is 75.0. The third-order valence-electron chi connectivity index (χ3n) is 18.1. The summed E-state index contributed by atoms with van der Waals surface area (Å²) in [6.45, 7) is 13.8. The quantitative estimate of drug-likeness (QED) is 0.0158. The molecule has 4 saturated heterocycles. The van der Waals surface area contributed by atoms with E-state index in [9.17, 15) is 80.3 Å². The number of likely N-dealkylation sites (N-methyl/N-ethyl adjacent to an activating group) is 2. The minimum Gasteiger partial charge on any atom is -0.394 e. The van der Waals surface area contributed by atoms with Crippen molar-refractivity contribution < 1.29 is 88.8 Å². The highest BCUT2D eigenvalue weighted by Crippen LogP contribution is 2.42. The molecule has 0 saturated carbocycles. The lowest BCUT2D eigenvalue weighted by Crippen LogP contribution is -2.68. The van der Waals surface area contributed by atoms with E-state index in [4.69, 9.17) is 88.6 Å². The Balaban J connectivity index is 0.000000355. The van der Waals surface area contributed by atoms with Crippen LogP contribution in [0.3, 0.4) is 0 Å². The number of hydrogen-bond donors (Lipinski definition) is 12. The van der Waals surface area contributed by atoms with Crippen LogP contribution in [-0.4, -0.2) is 258 Å². The number of aliphatic hydroxyl groups is 8. The highest BCUT2D eigenvalue weighted by molar-refractivity contribution is 8.00. The Labute approximate surface area is 616 Å². The molecule has 36 heteroatoms. The maximum atomic E-state index is 13.4. The molecule has 564 valence electrons. The number of amides is 4. The highest BCUT2D eigenvalue weighted by atomic mass is 35.5. The minimum atomic E-state index is -1.84. The average molecular weight is 1560 g/mol. The molecule has 2 aromatic rings. The van der Waals surface area contributed by atoms with Gasteiger partial charge in [-0.25, -0.2) is 0 Å². The Bertz CT molecular complexity index is 2920. The summed E-state index contributed by atoms with van der Waals surface area (Å²) >= 11 is 38.5. The molecule has 99 heavy (non-hydrogen) atoms. The molecule has 2 aromatic carbocycles. The van der Waals surface area contributed by atoms with Gasteiger partial charge in [-0.2, -0.15) is 0 Å². The zero-order valence-corrected chi connectivity index (χ0v) is 63.5. The van der Waals surface area contributed by atoms with Crippen molar-refractivity contribution in [2.75, 3.05) is 59.7 Å². The van der Waals surface area contributed by atoms with Gasteiger partial charge in [0.25, 0.3) is 23.2 Å². The monoisotopic (exact) mass is 1560 g/mol. The normalized spacial score (nSPS) is 29.9. The predicted molar refractivity (Wildman–Crippen MR) is 380 cm³/mol. The van der Waals surface area contributed by atoms with Crippen molar-refractivity contribution in [2.45, 2.75) is 220 Å². The Morgan fingerprint density at radius 1 is 0.657 bits per heavy atom. The summed E-state index contributed by atoms with van der Waals surface area (Å²) in [5.41, 5.74) is 0.216. The number of nitro benzene ring substituents is 2. The molecule has 0 radical (unpaired) electrons. The number of carbonyl (C=O) groups excluding carboxylic acids is 4. The van der Waals surface area contributed by atoms with Crippen LogP contribution in [0.1, 0.15) is 117 Å². The number of carbonyl (C=O) groups is 4. The average Bonchev–Trinajstić information content (AvgIpc) is 1.12. The van der Waals surface area contributed by atoms with E-state index in [0.29, 0.717) is 23.8 Å². The van der Waals surface area contributed by atoms with Crippen LogP contribution < -0.4 is 21.3 Å². The first-order valence-electron chi connectivity index (χ1n) is 32.2. The van der Waals surface area contributed by atoms with Crippen LogP contribution in [0.15, 0.2) is 48.5 Å². The standard InChI is InChI=1S/C32H49Cl3N4O10S.C19H35ClN2O5S.C12H14Cl2N2O5/c1-7-8-18-13-22(38(5)14-18)29(43)37-23(17(2)33)27-25(41)26(42)28(32(4,49-27)50-6)48-16-47-15-21(36-30(44)31(3,34)35)24(40)19-9-11-20(12-10-19)39(45)46;1-6-7-11-8-12(22(4)9-11)18(26)21-13(10(2)20)16-14(23)15(24)17(25)19(3,27-16)28-5;1-12(13,14)11(19)15-9(6-17)10(18)7-2-4-8(5-3-7)16(20)21/h9-12,17-18,21-28,40-42H,7-8,13-16H2,1-6H3,(H,36,44)(H,37,43);10-17,23-25H,6-9H2,1-5H3,(H,21,26);2-5,9-10,17-18H,6H2,1H3,(H,15,19)/t17?,18?,21-,22?,23-,24-,25-,26+,27-,28-,32-;10?,11?,12?,13-,14-,15+,16-,17-,19-;9-,10-/m111/s1. The van der Waals surface area contributed by atoms with Crippen LogP contribution in [0, 0.1) is 32.1 Å². The highest BCUT2D eigenvalue weighted by Gasteiger charge is 2.56. The van der Waals surface area contributed by atoms with Gasteiger partial charge >= 0.3 is 0 Å². The van der Waals surface area contributed by atoms with E-state index < -0.39 is 150 Å². The molecule has 0 spiro atoms. The van der Waals surface area contributed by atoms with Crippen molar-refractivity contribution >= 4 is 128 Å². The lowest BCUT2D eigenvalue weighted by molar-refractivity contribution is -0.385. The fourth-order valence-electron chi connectivity index (χ4n) is 12.2. The van der Waals surface area contributed by atoms with Crippen LogP contribution in [0.4, 0.5) is 11.4 Å². The molecule has 4 fully saturated rings. The third-order valence-corrected chi connectivity index (χ3v) is 21.6. The van der Waals surface area contributed by atoms with Gasteiger partial charge in [0.2, 0.25) is 11.8 Å². The SMILES string of the molecule is CC(Cl)(Cl)C(=O)N[C@H](CO)[C@H](O)c1ccc([N+](=O)[O-])cc1.CCCC1CC(C(=O)N[C@H](C(C)Cl)[C@H]2O[C@](C)(SC)[C@H](O)[C@@H](O)[C@H]2O)N(C)C1.CCCC1CC(C(=O)N[C@H](C(C)Cl)[C@H]2O[C@](C)(SC)[C@H](OCOC[C@@H](NC(=O)C(C)(Cl)Cl)[C@H](O)c3ccc([N+](=O)[O-])cc3)[C@@H](O)[C@H]2O)N(C)C1. The van der Waals surface area contributed by atoms with E-state index in [-0.39, 0.29) is 47.4 Å². The number of halogens is 6. The van der Waals surface area contributed by atoms with Crippen molar-refractivity contribution in [3.63, 3.8) is 0 Å². The van der Waals surface area contributed by atoms with Crippen LogP contribution in [0.25, 0.3) is 0 Å². The number of alkyl halides is 6. The van der Waals surface area contributed by atoms with Crippen LogP contribution in [0.2, 0.25) is 0 Å². The van der Waals surface area contributed by atoms with Crippen molar-refractivity contribution in [3.8, 4) is 0 Å². The van der Waals surface area contributed by atoms with Gasteiger partial charge in [0, 0.05) is 37.4 Å². The molecular formula is C63H98Cl6N8O20S2. The van der Waals surface area contributed by atoms with Crippen LogP contribution in [-0.2, 0) is 38.1 Å². The number of rotatable bonds is 30. The lowest BCUT2D eigenvalue weighted by atomic mass is 9.89. The summed E-state index contributed by atoms with van der Waals surface area (Å²) in [4.78, 5) is 72.8. The van der Waals surface area contributed by atoms with Crippen molar-refractivity contribution in [1.82, 2.24) is 31.1 Å². The molecule has 12 N–H and O–H groups in total. The molecule has 22 atom stereocenters. The molecule has 4 aliphatic rings. The van der Waals surface area contributed by atoms with E-state index in [2.05, 4.69) is 35.1 Å². The van der Waals surface area contributed by atoms with E-state index in [1.807, 2.05) is 23.9 Å². The Morgan fingerprint density at radius 2 is 1.03 bits per heavy atom. The number of likely N-dealkylation sites (tertiary alicyclic amines) is 2.